The highest BCUT2D eigenvalue weighted by Gasteiger charge is 2.02. The summed E-state index contributed by atoms with van der Waals surface area (Å²) in [7, 11) is 1.88. The molecule has 0 aliphatic heterocycles. The van der Waals surface area contributed by atoms with Crippen LogP contribution in [0.2, 0.25) is 0 Å². The Morgan fingerprint density at radius 3 is 2.78 bits per heavy atom. The number of aryl methyl sites for hydroxylation is 1. The van der Waals surface area contributed by atoms with Crippen molar-refractivity contribution in [3.8, 4) is 5.75 Å². The predicted octanol–water partition coefficient (Wildman–Crippen LogP) is 3.15. The Kier molecular flexibility index (Phi) is 2.73. The van der Waals surface area contributed by atoms with Gasteiger partial charge in [0.05, 0.1) is 12.4 Å². The topological polar surface area (TPSA) is 27.1 Å². The Balaban J connectivity index is 1.86. The van der Waals surface area contributed by atoms with Crippen LogP contribution in [0.5, 0.6) is 5.75 Å². The van der Waals surface area contributed by atoms with Gasteiger partial charge < -0.3 is 4.74 Å². The fourth-order valence-electron chi connectivity index (χ4n) is 2.05. The summed E-state index contributed by atoms with van der Waals surface area (Å²) in [6, 6.07) is 14.6. The molecule has 0 saturated carbocycles. The van der Waals surface area contributed by atoms with Crippen LogP contribution in [-0.4, -0.2) is 9.78 Å². The molecule has 0 aliphatic carbocycles. The molecule has 0 radical (unpaired) electrons. The molecule has 1 aromatic heterocycles. The van der Waals surface area contributed by atoms with Crippen molar-refractivity contribution in [1.29, 1.82) is 0 Å². The molecule has 3 heteroatoms. The summed E-state index contributed by atoms with van der Waals surface area (Å²) in [5, 5.41) is 6.56. The molecule has 1 heterocycles. The maximum absolute atomic E-state index is 5.74. The van der Waals surface area contributed by atoms with Gasteiger partial charge in [0.2, 0.25) is 0 Å². The lowest BCUT2D eigenvalue weighted by atomic mass is 10.1. The number of fused-ring (bicyclic) bond motifs is 1. The predicted molar refractivity (Wildman–Crippen MR) is 71.5 cm³/mol. The maximum Gasteiger partial charge on any atom is 0.157 e. The van der Waals surface area contributed by atoms with E-state index >= 15 is 0 Å². The van der Waals surface area contributed by atoms with E-state index in [1.165, 1.54) is 16.3 Å². The zero-order valence-corrected chi connectivity index (χ0v) is 10.2. The summed E-state index contributed by atoms with van der Waals surface area (Å²) >= 11 is 0. The Hall–Kier alpha value is -2.29. The average molecular weight is 238 g/mol. The molecule has 0 atom stereocenters. The molecule has 18 heavy (non-hydrogen) atoms. The molecule has 0 N–H and O–H groups in total. The van der Waals surface area contributed by atoms with Crippen LogP contribution in [0.15, 0.2) is 54.9 Å². The number of ether oxygens (including phenoxy) is 1. The summed E-state index contributed by atoms with van der Waals surface area (Å²) < 4.78 is 7.47. The van der Waals surface area contributed by atoms with E-state index in [1.807, 2.05) is 19.3 Å². The molecule has 3 aromatic rings. The van der Waals surface area contributed by atoms with Crippen LogP contribution in [0.1, 0.15) is 5.56 Å². The first-order valence-corrected chi connectivity index (χ1v) is 5.91. The molecule has 0 aliphatic rings. The van der Waals surface area contributed by atoms with Crippen LogP contribution in [0.3, 0.4) is 0 Å². The van der Waals surface area contributed by atoms with E-state index < -0.39 is 0 Å². The van der Waals surface area contributed by atoms with Gasteiger partial charge in [-0.05, 0) is 16.3 Å². The third-order valence-corrected chi connectivity index (χ3v) is 2.96. The summed E-state index contributed by atoms with van der Waals surface area (Å²) in [6.07, 6.45) is 3.59. The van der Waals surface area contributed by atoms with Crippen LogP contribution in [0.4, 0.5) is 0 Å². The molecule has 90 valence electrons. The fourth-order valence-corrected chi connectivity index (χ4v) is 2.05. The second kappa shape index (κ2) is 4.53. The van der Waals surface area contributed by atoms with Gasteiger partial charge in [-0.25, -0.2) is 0 Å². The van der Waals surface area contributed by atoms with E-state index in [0.717, 1.165) is 5.75 Å². The third-order valence-electron chi connectivity index (χ3n) is 2.96. The van der Waals surface area contributed by atoms with E-state index in [9.17, 15) is 0 Å². The van der Waals surface area contributed by atoms with E-state index in [-0.39, 0.29) is 0 Å². The van der Waals surface area contributed by atoms with Crippen LogP contribution >= 0.6 is 0 Å². The summed E-state index contributed by atoms with van der Waals surface area (Å²) in [5.74, 6) is 0.797. The van der Waals surface area contributed by atoms with Gasteiger partial charge in [0.1, 0.15) is 6.61 Å². The Morgan fingerprint density at radius 2 is 1.94 bits per heavy atom. The summed E-state index contributed by atoms with van der Waals surface area (Å²) in [4.78, 5) is 0. The number of hydrogen-bond donors (Lipinski definition) is 0. The number of nitrogens with zero attached hydrogens (tertiary/aromatic N) is 2. The van der Waals surface area contributed by atoms with Crippen molar-refractivity contribution >= 4 is 10.8 Å². The molecule has 3 nitrogen and oxygen atoms in total. The van der Waals surface area contributed by atoms with Gasteiger partial charge in [-0.3, -0.25) is 4.68 Å². The van der Waals surface area contributed by atoms with Gasteiger partial charge in [0.25, 0.3) is 0 Å². The molecule has 0 spiro atoms. The molecule has 0 fully saturated rings. The summed E-state index contributed by atoms with van der Waals surface area (Å²) in [6.45, 7) is 0.563. The van der Waals surface area contributed by atoms with Crippen LogP contribution in [0.25, 0.3) is 10.8 Å². The molecule has 2 aromatic carbocycles. The Morgan fingerprint density at radius 1 is 1.11 bits per heavy atom. The zero-order valence-electron chi connectivity index (χ0n) is 10.2. The minimum absolute atomic E-state index is 0.563. The SMILES string of the molecule is Cn1cc(OCc2cccc3ccccc23)cn1. The van der Waals surface area contributed by atoms with Crippen molar-refractivity contribution in [1.82, 2.24) is 9.78 Å². The molecular weight excluding hydrogens is 224 g/mol. The van der Waals surface area contributed by atoms with Crippen molar-refractivity contribution in [2.75, 3.05) is 0 Å². The van der Waals surface area contributed by atoms with Crippen molar-refractivity contribution < 1.29 is 4.74 Å². The van der Waals surface area contributed by atoms with Crippen LogP contribution in [0, 0.1) is 0 Å². The quantitative estimate of drug-likeness (QED) is 0.701. The highest BCUT2D eigenvalue weighted by molar-refractivity contribution is 5.85. The number of hydrogen-bond acceptors (Lipinski definition) is 2. The second-order valence-corrected chi connectivity index (χ2v) is 4.28. The molecular formula is C15H14N2O. The summed E-state index contributed by atoms with van der Waals surface area (Å²) in [5.41, 5.74) is 1.19. The lowest BCUT2D eigenvalue weighted by Gasteiger charge is -2.07. The Labute approximate surface area is 106 Å². The highest BCUT2D eigenvalue weighted by Crippen LogP contribution is 2.20. The number of benzene rings is 2. The highest BCUT2D eigenvalue weighted by atomic mass is 16.5. The van der Waals surface area contributed by atoms with Gasteiger partial charge in [-0.2, -0.15) is 5.10 Å². The first kappa shape index (κ1) is 10.8. The average Bonchev–Trinajstić information content (AvgIpc) is 2.82. The Bertz CT molecular complexity index is 668. The molecule has 0 bridgehead atoms. The van der Waals surface area contributed by atoms with Gasteiger partial charge in [0.15, 0.2) is 5.75 Å². The number of aromatic nitrogens is 2. The van der Waals surface area contributed by atoms with Crippen LogP contribution in [-0.2, 0) is 13.7 Å². The number of rotatable bonds is 3. The van der Waals surface area contributed by atoms with Crippen molar-refractivity contribution in [2.24, 2.45) is 7.05 Å². The van der Waals surface area contributed by atoms with Crippen molar-refractivity contribution in [2.45, 2.75) is 6.61 Å². The molecule has 0 amide bonds. The minimum Gasteiger partial charge on any atom is -0.486 e. The van der Waals surface area contributed by atoms with Gasteiger partial charge in [-0.15, -0.1) is 0 Å². The normalized spacial score (nSPS) is 10.7. The van der Waals surface area contributed by atoms with Crippen molar-refractivity contribution in [3.05, 3.63) is 60.4 Å². The lowest BCUT2D eigenvalue weighted by Crippen LogP contribution is -1.95. The van der Waals surface area contributed by atoms with Gasteiger partial charge in [0, 0.05) is 7.05 Å². The van der Waals surface area contributed by atoms with Gasteiger partial charge >= 0.3 is 0 Å². The molecule has 3 rings (SSSR count). The molecule has 0 unspecified atom stereocenters. The van der Waals surface area contributed by atoms with E-state index in [1.54, 1.807) is 10.9 Å². The van der Waals surface area contributed by atoms with E-state index in [4.69, 9.17) is 4.74 Å². The van der Waals surface area contributed by atoms with E-state index in [0.29, 0.717) is 6.61 Å². The first-order valence-electron chi connectivity index (χ1n) is 5.91. The molecule has 0 saturated heterocycles. The monoisotopic (exact) mass is 238 g/mol. The second-order valence-electron chi connectivity index (χ2n) is 4.28. The zero-order chi connectivity index (χ0) is 12.4. The first-order chi connectivity index (χ1) is 8.83. The minimum atomic E-state index is 0.563. The maximum atomic E-state index is 5.74. The third kappa shape index (κ3) is 2.07. The standard InChI is InChI=1S/C15H14N2O/c1-17-10-14(9-16-17)18-11-13-7-4-6-12-5-2-3-8-15(12)13/h2-10H,11H2,1H3. The largest absolute Gasteiger partial charge is 0.486 e. The van der Waals surface area contributed by atoms with E-state index in [2.05, 4.69) is 41.5 Å². The van der Waals surface area contributed by atoms with Crippen LogP contribution < -0.4 is 4.74 Å². The lowest BCUT2D eigenvalue weighted by molar-refractivity contribution is 0.307. The fraction of sp³-hybridized carbons (Fsp3) is 0.133. The van der Waals surface area contributed by atoms with Crippen molar-refractivity contribution in [3.63, 3.8) is 0 Å². The van der Waals surface area contributed by atoms with Gasteiger partial charge in [-0.1, -0.05) is 42.5 Å². The smallest absolute Gasteiger partial charge is 0.157 e.